The lowest BCUT2D eigenvalue weighted by Crippen LogP contribution is -2.33. The largest absolute Gasteiger partial charge is 0.383 e. The van der Waals surface area contributed by atoms with Gasteiger partial charge in [0.25, 0.3) is 0 Å². The van der Waals surface area contributed by atoms with Crippen LogP contribution in [0.4, 0.5) is 5.69 Å². The Labute approximate surface area is 112 Å². The SMILES string of the molecule is CCc1cnc2scnc2c1N(C)C(C)COC. The van der Waals surface area contributed by atoms with E-state index in [-0.39, 0.29) is 0 Å². The number of anilines is 1. The van der Waals surface area contributed by atoms with E-state index in [2.05, 4.69) is 35.8 Å². The lowest BCUT2D eigenvalue weighted by molar-refractivity contribution is 0.183. The molecule has 5 heteroatoms. The van der Waals surface area contributed by atoms with Crippen molar-refractivity contribution >= 4 is 27.4 Å². The first kappa shape index (κ1) is 13.2. The summed E-state index contributed by atoms with van der Waals surface area (Å²) in [5.74, 6) is 0. The molecule has 0 spiro atoms. The summed E-state index contributed by atoms with van der Waals surface area (Å²) >= 11 is 1.58. The van der Waals surface area contributed by atoms with Gasteiger partial charge in [0.1, 0.15) is 10.3 Å². The van der Waals surface area contributed by atoms with Crippen molar-refractivity contribution in [1.82, 2.24) is 9.97 Å². The van der Waals surface area contributed by atoms with Gasteiger partial charge in [-0.05, 0) is 18.9 Å². The van der Waals surface area contributed by atoms with Gasteiger partial charge in [0.15, 0.2) is 0 Å². The highest BCUT2D eigenvalue weighted by atomic mass is 32.1. The molecule has 0 N–H and O–H groups in total. The van der Waals surface area contributed by atoms with E-state index in [9.17, 15) is 0 Å². The summed E-state index contributed by atoms with van der Waals surface area (Å²) in [6.45, 7) is 5.00. The van der Waals surface area contributed by atoms with E-state index in [4.69, 9.17) is 4.74 Å². The highest BCUT2D eigenvalue weighted by Gasteiger charge is 2.18. The number of fused-ring (bicyclic) bond motifs is 1. The minimum absolute atomic E-state index is 0.313. The number of aromatic nitrogens is 2. The molecule has 4 nitrogen and oxygen atoms in total. The summed E-state index contributed by atoms with van der Waals surface area (Å²) in [7, 11) is 3.83. The lowest BCUT2D eigenvalue weighted by atomic mass is 10.1. The number of hydrogen-bond donors (Lipinski definition) is 0. The second kappa shape index (κ2) is 5.63. The molecule has 2 aromatic rings. The summed E-state index contributed by atoms with van der Waals surface area (Å²) in [5, 5.41) is 0. The molecule has 2 aromatic heterocycles. The Balaban J connectivity index is 2.49. The Bertz CT molecular complexity index is 526. The van der Waals surface area contributed by atoms with E-state index in [1.165, 1.54) is 11.3 Å². The number of thiazole rings is 1. The fourth-order valence-electron chi connectivity index (χ4n) is 2.07. The van der Waals surface area contributed by atoms with Gasteiger partial charge < -0.3 is 9.64 Å². The first-order valence-corrected chi connectivity index (χ1v) is 6.99. The zero-order valence-electron chi connectivity index (χ0n) is 11.3. The second-order valence-electron chi connectivity index (χ2n) is 4.41. The quantitative estimate of drug-likeness (QED) is 0.833. The van der Waals surface area contributed by atoms with E-state index in [0.717, 1.165) is 16.8 Å². The molecule has 0 amide bonds. The van der Waals surface area contributed by atoms with Gasteiger partial charge >= 0.3 is 0 Å². The summed E-state index contributed by atoms with van der Waals surface area (Å²) in [6.07, 6.45) is 2.92. The Morgan fingerprint density at radius 3 is 2.89 bits per heavy atom. The molecular formula is C13H19N3OS. The number of pyridine rings is 1. The Kier molecular flexibility index (Phi) is 4.14. The van der Waals surface area contributed by atoms with Crippen LogP contribution in [0, 0.1) is 0 Å². The van der Waals surface area contributed by atoms with Crippen molar-refractivity contribution in [2.75, 3.05) is 25.7 Å². The van der Waals surface area contributed by atoms with E-state index in [1.807, 2.05) is 11.7 Å². The first-order chi connectivity index (χ1) is 8.69. The normalized spacial score (nSPS) is 12.9. The molecule has 0 aliphatic carbocycles. The summed E-state index contributed by atoms with van der Waals surface area (Å²) < 4.78 is 5.24. The molecule has 0 aliphatic rings. The van der Waals surface area contributed by atoms with Crippen LogP contribution in [0.2, 0.25) is 0 Å². The number of rotatable bonds is 5. The topological polar surface area (TPSA) is 38.2 Å². The molecule has 0 bridgehead atoms. The Morgan fingerprint density at radius 2 is 2.22 bits per heavy atom. The minimum Gasteiger partial charge on any atom is -0.383 e. The van der Waals surface area contributed by atoms with Crippen LogP contribution < -0.4 is 4.90 Å². The molecule has 1 unspecified atom stereocenters. The monoisotopic (exact) mass is 265 g/mol. The second-order valence-corrected chi connectivity index (χ2v) is 5.24. The molecule has 0 saturated carbocycles. The third-order valence-electron chi connectivity index (χ3n) is 3.22. The van der Waals surface area contributed by atoms with Crippen LogP contribution in [0.1, 0.15) is 19.4 Å². The van der Waals surface area contributed by atoms with Crippen LogP contribution in [0.25, 0.3) is 10.3 Å². The van der Waals surface area contributed by atoms with Crippen LogP contribution in [0.15, 0.2) is 11.7 Å². The number of aryl methyl sites for hydroxylation is 1. The molecule has 2 rings (SSSR count). The van der Waals surface area contributed by atoms with Gasteiger partial charge in [-0.25, -0.2) is 9.97 Å². The molecule has 98 valence electrons. The van der Waals surface area contributed by atoms with Crippen LogP contribution in [-0.4, -0.2) is 36.8 Å². The first-order valence-electron chi connectivity index (χ1n) is 6.11. The average Bonchev–Trinajstić information content (AvgIpc) is 2.85. The molecule has 2 heterocycles. The van der Waals surface area contributed by atoms with E-state index in [0.29, 0.717) is 12.6 Å². The lowest BCUT2D eigenvalue weighted by Gasteiger charge is -2.28. The molecule has 0 radical (unpaired) electrons. The van der Waals surface area contributed by atoms with Crippen molar-refractivity contribution in [3.8, 4) is 0 Å². The van der Waals surface area contributed by atoms with E-state index in [1.54, 1.807) is 18.4 Å². The smallest absolute Gasteiger partial charge is 0.145 e. The number of nitrogens with zero attached hydrogens (tertiary/aromatic N) is 3. The predicted molar refractivity (Wildman–Crippen MR) is 76.5 cm³/mol. The highest BCUT2D eigenvalue weighted by Crippen LogP contribution is 2.31. The summed E-state index contributed by atoms with van der Waals surface area (Å²) in [6, 6.07) is 0.313. The van der Waals surface area contributed by atoms with Crippen molar-refractivity contribution in [2.24, 2.45) is 0 Å². The Morgan fingerprint density at radius 1 is 1.44 bits per heavy atom. The number of ether oxygens (including phenoxy) is 1. The van der Waals surface area contributed by atoms with Gasteiger partial charge in [0.05, 0.1) is 17.8 Å². The molecule has 18 heavy (non-hydrogen) atoms. The third kappa shape index (κ3) is 2.33. The minimum atomic E-state index is 0.313. The van der Waals surface area contributed by atoms with Crippen molar-refractivity contribution in [3.63, 3.8) is 0 Å². The van der Waals surface area contributed by atoms with Gasteiger partial charge in [-0.15, -0.1) is 11.3 Å². The zero-order chi connectivity index (χ0) is 13.1. The van der Waals surface area contributed by atoms with E-state index >= 15 is 0 Å². The zero-order valence-corrected chi connectivity index (χ0v) is 12.1. The molecular weight excluding hydrogens is 246 g/mol. The highest BCUT2D eigenvalue weighted by molar-refractivity contribution is 7.16. The maximum absolute atomic E-state index is 5.24. The summed E-state index contributed by atoms with van der Waals surface area (Å²) in [5.41, 5.74) is 5.28. The van der Waals surface area contributed by atoms with Crippen molar-refractivity contribution in [2.45, 2.75) is 26.3 Å². The average molecular weight is 265 g/mol. The molecule has 0 aromatic carbocycles. The maximum Gasteiger partial charge on any atom is 0.145 e. The standard InChI is InChI=1S/C13H19N3OS/c1-5-10-6-14-13-11(15-8-18-13)12(10)16(3)9(2)7-17-4/h6,8-9H,5,7H2,1-4H3. The number of likely N-dealkylation sites (N-methyl/N-ethyl adjacent to an activating group) is 1. The van der Waals surface area contributed by atoms with Gasteiger partial charge in [-0.2, -0.15) is 0 Å². The molecule has 1 atom stereocenters. The number of hydrogen-bond acceptors (Lipinski definition) is 5. The van der Waals surface area contributed by atoms with Crippen molar-refractivity contribution in [3.05, 3.63) is 17.3 Å². The summed E-state index contributed by atoms with van der Waals surface area (Å²) in [4.78, 5) is 12.2. The van der Waals surface area contributed by atoms with Gasteiger partial charge in [0, 0.05) is 26.4 Å². The fraction of sp³-hybridized carbons (Fsp3) is 0.538. The predicted octanol–water partition coefficient (Wildman–Crippen LogP) is 2.72. The molecule has 0 aliphatic heterocycles. The van der Waals surface area contributed by atoms with Gasteiger partial charge in [-0.1, -0.05) is 6.92 Å². The fourth-order valence-corrected chi connectivity index (χ4v) is 2.70. The van der Waals surface area contributed by atoms with Crippen LogP contribution in [0.5, 0.6) is 0 Å². The molecule has 0 saturated heterocycles. The number of methoxy groups -OCH3 is 1. The molecule has 0 fully saturated rings. The van der Waals surface area contributed by atoms with Crippen LogP contribution in [0.3, 0.4) is 0 Å². The van der Waals surface area contributed by atoms with Crippen LogP contribution in [-0.2, 0) is 11.2 Å². The Hall–Kier alpha value is -1.20. The van der Waals surface area contributed by atoms with Crippen LogP contribution >= 0.6 is 11.3 Å². The van der Waals surface area contributed by atoms with E-state index < -0.39 is 0 Å². The van der Waals surface area contributed by atoms with Crippen molar-refractivity contribution < 1.29 is 4.74 Å². The maximum atomic E-state index is 5.24. The van der Waals surface area contributed by atoms with Gasteiger partial charge in [-0.3, -0.25) is 0 Å². The third-order valence-corrected chi connectivity index (χ3v) is 3.95. The van der Waals surface area contributed by atoms with Gasteiger partial charge in [0.2, 0.25) is 0 Å². The van der Waals surface area contributed by atoms with Crippen molar-refractivity contribution in [1.29, 1.82) is 0 Å².